The second-order valence-corrected chi connectivity index (χ2v) is 7.86. The third-order valence-corrected chi connectivity index (χ3v) is 4.84. The summed E-state index contributed by atoms with van der Waals surface area (Å²) in [5, 5.41) is 5.90. The molecule has 2 N–H and O–H groups in total. The summed E-state index contributed by atoms with van der Waals surface area (Å²) in [6.07, 6.45) is 7.84. The Bertz CT molecular complexity index is 394. The monoisotopic (exact) mass is 294 g/mol. The maximum absolute atomic E-state index is 12.2. The highest BCUT2D eigenvalue weighted by atomic mass is 16.2. The van der Waals surface area contributed by atoms with Gasteiger partial charge in [-0.1, -0.05) is 52.9 Å². The molecule has 2 amide bonds. The van der Waals surface area contributed by atoms with Crippen molar-refractivity contribution in [2.45, 2.75) is 78.3 Å². The van der Waals surface area contributed by atoms with Crippen molar-refractivity contribution in [3.05, 3.63) is 0 Å². The third kappa shape index (κ3) is 4.45. The van der Waals surface area contributed by atoms with Gasteiger partial charge in [0.25, 0.3) is 0 Å². The van der Waals surface area contributed by atoms with E-state index >= 15 is 0 Å². The predicted octanol–water partition coefficient (Wildman–Crippen LogP) is 2.62. The van der Waals surface area contributed by atoms with Gasteiger partial charge in [0.15, 0.2) is 0 Å². The molecule has 2 fully saturated rings. The minimum atomic E-state index is -0.460. The van der Waals surface area contributed by atoms with Crippen LogP contribution in [0.4, 0.5) is 0 Å². The van der Waals surface area contributed by atoms with Crippen LogP contribution in [0.25, 0.3) is 0 Å². The van der Waals surface area contributed by atoms with Crippen LogP contribution in [0.5, 0.6) is 0 Å². The van der Waals surface area contributed by atoms with E-state index in [1.165, 1.54) is 32.1 Å². The molecule has 0 aromatic carbocycles. The minimum Gasteiger partial charge on any atom is -0.351 e. The van der Waals surface area contributed by atoms with Crippen molar-refractivity contribution < 1.29 is 9.59 Å². The summed E-state index contributed by atoms with van der Waals surface area (Å²) in [5.74, 6) is 1.36. The standard InChI is InChI=1S/C17H30N2O2/c1-11(18-16(21)17(2,3)4)15(20)19-14-10-13(14)12-8-6-5-7-9-12/h11-14H,5-10H2,1-4H3,(H,18,21)(H,19,20)/t11-,13-,14+/m0/s1. The summed E-state index contributed by atoms with van der Waals surface area (Å²) < 4.78 is 0. The molecule has 0 aromatic rings. The quantitative estimate of drug-likeness (QED) is 0.837. The lowest BCUT2D eigenvalue weighted by atomic mass is 9.85. The van der Waals surface area contributed by atoms with E-state index in [2.05, 4.69) is 10.6 Å². The highest BCUT2D eigenvalue weighted by molar-refractivity contribution is 5.89. The Morgan fingerprint density at radius 3 is 2.29 bits per heavy atom. The van der Waals surface area contributed by atoms with Crippen LogP contribution in [0.1, 0.15) is 66.2 Å². The molecule has 0 bridgehead atoms. The topological polar surface area (TPSA) is 58.2 Å². The normalized spacial score (nSPS) is 27.8. The van der Waals surface area contributed by atoms with Gasteiger partial charge in [0.1, 0.15) is 6.04 Å². The molecule has 2 saturated carbocycles. The number of rotatable bonds is 4. The fourth-order valence-corrected chi connectivity index (χ4v) is 3.25. The van der Waals surface area contributed by atoms with Gasteiger partial charge in [-0.25, -0.2) is 0 Å². The molecule has 4 heteroatoms. The summed E-state index contributed by atoms with van der Waals surface area (Å²) in [6, 6.07) is -0.112. The average molecular weight is 294 g/mol. The lowest BCUT2D eigenvalue weighted by Crippen LogP contribution is -2.49. The Morgan fingerprint density at radius 2 is 1.71 bits per heavy atom. The lowest BCUT2D eigenvalue weighted by molar-refractivity contribution is -0.133. The van der Waals surface area contributed by atoms with Crippen LogP contribution in [0.15, 0.2) is 0 Å². The highest BCUT2D eigenvalue weighted by Crippen LogP contribution is 2.44. The van der Waals surface area contributed by atoms with Gasteiger partial charge < -0.3 is 10.6 Å². The predicted molar refractivity (Wildman–Crippen MR) is 83.7 cm³/mol. The van der Waals surface area contributed by atoms with Gasteiger partial charge in [-0.2, -0.15) is 0 Å². The Morgan fingerprint density at radius 1 is 1.10 bits per heavy atom. The average Bonchev–Trinajstić information content (AvgIpc) is 3.17. The minimum absolute atomic E-state index is 0.0455. The fraction of sp³-hybridized carbons (Fsp3) is 0.882. The zero-order valence-corrected chi connectivity index (χ0v) is 13.9. The van der Waals surface area contributed by atoms with Gasteiger partial charge in [-0.3, -0.25) is 9.59 Å². The molecular formula is C17H30N2O2. The van der Waals surface area contributed by atoms with Crippen LogP contribution >= 0.6 is 0 Å². The molecule has 4 nitrogen and oxygen atoms in total. The molecular weight excluding hydrogens is 264 g/mol. The smallest absolute Gasteiger partial charge is 0.242 e. The van der Waals surface area contributed by atoms with Crippen molar-refractivity contribution in [1.29, 1.82) is 0 Å². The fourth-order valence-electron chi connectivity index (χ4n) is 3.25. The third-order valence-electron chi connectivity index (χ3n) is 4.84. The van der Waals surface area contributed by atoms with E-state index in [1.807, 2.05) is 20.8 Å². The van der Waals surface area contributed by atoms with Crippen LogP contribution < -0.4 is 10.6 Å². The Balaban J connectivity index is 1.73. The molecule has 2 rings (SSSR count). The van der Waals surface area contributed by atoms with Crippen molar-refractivity contribution >= 4 is 11.8 Å². The molecule has 0 heterocycles. The summed E-state index contributed by atoms with van der Waals surface area (Å²) >= 11 is 0. The van der Waals surface area contributed by atoms with Crippen LogP contribution in [0, 0.1) is 17.3 Å². The number of carbonyl (C=O) groups is 2. The van der Waals surface area contributed by atoms with Crippen LogP contribution in [0.2, 0.25) is 0 Å². The first-order valence-electron chi connectivity index (χ1n) is 8.40. The van der Waals surface area contributed by atoms with E-state index in [9.17, 15) is 9.59 Å². The molecule has 0 aliphatic heterocycles. The van der Waals surface area contributed by atoms with Crippen LogP contribution in [-0.2, 0) is 9.59 Å². The van der Waals surface area contributed by atoms with E-state index in [4.69, 9.17) is 0 Å². The molecule has 2 aliphatic rings. The SMILES string of the molecule is C[C@H](NC(=O)C(C)(C)C)C(=O)N[C@@H]1C[C@H]1C1CCCCC1. The molecule has 2 aliphatic carbocycles. The molecule has 0 spiro atoms. The summed E-state index contributed by atoms with van der Waals surface area (Å²) in [6.45, 7) is 7.32. The second-order valence-electron chi connectivity index (χ2n) is 7.86. The Hall–Kier alpha value is -1.06. The van der Waals surface area contributed by atoms with Gasteiger partial charge in [0.2, 0.25) is 11.8 Å². The summed E-state index contributed by atoms with van der Waals surface area (Å²) in [5.41, 5.74) is -0.460. The number of hydrogen-bond donors (Lipinski definition) is 2. The lowest BCUT2D eigenvalue weighted by Gasteiger charge is -2.23. The van der Waals surface area contributed by atoms with Gasteiger partial charge in [0.05, 0.1) is 0 Å². The molecule has 21 heavy (non-hydrogen) atoms. The van der Waals surface area contributed by atoms with Crippen molar-refractivity contribution in [1.82, 2.24) is 10.6 Å². The summed E-state index contributed by atoms with van der Waals surface area (Å²) in [4.78, 5) is 24.1. The van der Waals surface area contributed by atoms with E-state index < -0.39 is 11.5 Å². The molecule has 0 aromatic heterocycles. The van der Waals surface area contributed by atoms with E-state index in [-0.39, 0.29) is 11.8 Å². The maximum atomic E-state index is 12.2. The Kier molecular flexibility index (Phi) is 4.95. The number of hydrogen-bond acceptors (Lipinski definition) is 2. The zero-order valence-electron chi connectivity index (χ0n) is 13.9. The number of nitrogens with one attached hydrogen (secondary N) is 2. The van der Waals surface area contributed by atoms with Gasteiger partial charge >= 0.3 is 0 Å². The van der Waals surface area contributed by atoms with Crippen LogP contribution in [0.3, 0.4) is 0 Å². The van der Waals surface area contributed by atoms with Crippen molar-refractivity contribution in [2.24, 2.45) is 17.3 Å². The van der Waals surface area contributed by atoms with Crippen molar-refractivity contribution in [3.8, 4) is 0 Å². The largest absolute Gasteiger partial charge is 0.351 e. The zero-order chi connectivity index (χ0) is 15.6. The molecule has 0 saturated heterocycles. The van der Waals surface area contributed by atoms with E-state index in [1.54, 1.807) is 6.92 Å². The van der Waals surface area contributed by atoms with Crippen molar-refractivity contribution in [2.75, 3.05) is 0 Å². The molecule has 0 radical (unpaired) electrons. The molecule has 120 valence electrons. The first kappa shape index (κ1) is 16.3. The number of carbonyl (C=O) groups excluding carboxylic acids is 2. The highest BCUT2D eigenvalue weighted by Gasteiger charge is 2.44. The number of amides is 2. The van der Waals surface area contributed by atoms with Gasteiger partial charge in [-0.05, 0) is 25.2 Å². The molecule has 3 atom stereocenters. The Labute approximate surface area is 128 Å². The molecule has 0 unspecified atom stereocenters. The second kappa shape index (κ2) is 6.37. The van der Waals surface area contributed by atoms with Gasteiger partial charge in [-0.15, -0.1) is 0 Å². The first-order chi connectivity index (χ1) is 9.79. The first-order valence-corrected chi connectivity index (χ1v) is 8.40. The maximum Gasteiger partial charge on any atom is 0.242 e. The summed E-state index contributed by atoms with van der Waals surface area (Å²) in [7, 11) is 0. The van der Waals surface area contributed by atoms with Crippen molar-refractivity contribution in [3.63, 3.8) is 0 Å². The van der Waals surface area contributed by atoms with E-state index in [0.717, 1.165) is 12.3 Å². The van der Waals surface area contributed by atoms with Crippen LogP contribution in [-0.4, -0.2) is 23.9 Å². The van der Waals surface area contributed by atoms with E-state index in [0.29, 0.717) is 12.0 Å². The van der Waals surface area contributed by atoms with Gasteiger partial charge in [0, 0.05) is 11.5 Å².